The number of halogens is 1. The van der Waals surface area contributed by atoms with Crippen molar-refractivity contribution in [3.05, 3.63) is 101 Å². The molecule has 6 rings (SSSR count). The van der Waals surface area contributed by atoms with Crippen LogP contribution in [-0.4, -0.2) is 45.3 Å². The number of aliphatic hydroxyl groups is 1. The summed E-state index contributed by atoms with van der Waals surface area (Å²) in [5.41, 5.74) is 3.16. The van der Waals surface area contributed by atoms with Crippen LogP contribution in [-0.2, 0) is 24.7 Å². The number of fused-ring (bicyclic) bond motifs is 4. The molecule has 0 saturated carbocycles. The zero-order valence-electron chi connectivity index (χ0n) is 19.1. The highest BCUT2D eigenvalue weighted by Crippen LogP contribution is 2.51. The largest absolute Gasteiger partial charge is 0.508 e. The first kappa shape index (κ1) is 21.4. The Morgan fingerprint density at radius 1 is 0.971 bits per heavy atom. The van der Waals surface area contributed by atoms with Crippen molar-refractivity contribution < 1.29 is 14.6 Å². The molecule has 2 unspecified atom stereocenters. The molecule has 5 heteroatoms. The Labute approximate surface area is 198 Å². The predicted molar refractivity (Wildman–Crippen MR) is 132 cm³/mol. The quantitative estimate of drug-likeness (QED) is 0.416. The molecular weight excluding hydrogens is 427 g/mol. The monoisotopic (exact) mass is 456 g/mol. The lowest BCUT2D eigenvalue weighted by Gasteiger charge is -2.56. The number of para-hydroxylation sites is 1. The Balaban J connectivity index is 1.40. The van der Waals surface area contributed by atoms with Crippen molar-refractivity contribution in [3.8, 4) is 5.75 Å². The molecule has 2 aliphatic rings. The van der Waals surface area contributed by atoms with Crippen molar-refractivity contribution in [1.29, 1.82) is 0 Å². The first-order chi connectivity index (χ1) is 16.5. The number of piperidine rings is 1. The first-order valence-electron chi connectivity index (χ1n) is 12.0. The number of phenolic OH excluding ortho intramolecular Hbond substituents is 1. The van der Waals surface area contributed by atoms with Gasteiger partial charge in [-0.3, -0.25) is 0 Å². The average molecular weight is 457 g/mol. The summed E-state index contributed by atoms with van der Waals surface area (Å²) in [6.07, 6.45) is 2.73. The lowest BCUT2D eigenvalue weighted by Crippen LogP contribution is -2.66. The van der Waals surface area contributed by atoms with Crippen LogP contribution in [0.25, 0.3) is 10.9 Å². The van der Waals surface area contributed by atoms with Gasteiger partial charge >= 0.3 is 0 Å². The van der Waals surface area contributed by atoms with Crippen molar-refractivity contribution in [2.24, 2.45) is 0 Å². The van der Waals surface area contributed by atoms with Gasteiger partial charge in [0.05, 0.1) is 11.1 Å². The van der Waals surface area contributed by atoms with Gasteiger partial charge in [-0.15, -0.1) is 0 Å². The minimum Gasteiger partial charge on any atom is -0.508 e. The highest BCUT2D eigenvalue weighted by Gasteiger charge is 2.57. The van der Waals surface area contributed by atoms with Crippen molar-refractivity contribution in [1.82, 2.24) is 9.88 Å². The van der Waals surface area contributed by atoms with Crippen molar-refractivity contribution >= 4 is 10.9 Å². The van der Waals surface area contributed by atoms with E-state index in [1.807, 2.05) is 24.3 Å². The minimum absolute atomic E-state index is 0.203. The molecular formula is C29H29FN2O2. The van der Waals surface area contributed by atoms with Crippen LogP contribution < -0.4 is 0 Å². The van der Waals surface area contributed by atoms with Gasteiger partial charge in [0.15, 0.2) is 0 Å². The summed E-state index contributed by atoms with van der Waals surface area (Å²) < 4.78 is 14.6. The summed E-state index contributed by atoms with van der Waals surface area (Å²) in [7, 11) is 0. The van der Waals surface area contributed by atoms with E-state index in [9.17, 15) is 14.6 Å². The van der Waals surface area contributed by atoms with Gasteiger partial charge in [-0.25, -0.2) is 4.39 Å². The zero-order chi connectivity index (χ0) is 23.3. The topological polar surface area (TPSA) is 59.5 Å². The minimum atomic E-state index is -1.04. The van der Waals surface area contributed by atoms with E-state index in [2.05, 4.69) is 34.1 Å². The van der Waals surface area contributed by atoms with Crippen LogP contribution in [0, 0.1) is 5.82 Å². The second kappa shape index (κ2) is 7.97. The van der Waals surface area contributed by atoms with Gasteiger partial charge in [-0.1, -0.05) is 54.6 Å². The molecule has 1 saturated heterocycles. The molecule has 4 nitrogen and oxygen atoms in total. The first-order valence-corrected chi connectivity index (χ1v) is 12.0. The van der Waals surface area contributed by atoms with Crippen LogP contribution in [0.4, 0.5) is 4.39 Å². The zero-order valence-corrected chi connectivity index (χ0v) is 19.1. The van der Waals surface area contributed by atoms with Gasteiger partial charge in [0.2, 0.25) is 0 Å². The molecule has 1 aliphatic carbocycles. The van der Waals surface area contributed by atoms with E-state index < -0.39 is 11.0 Å². The maximum absolute atomic E-state index is 14.6. The van der Waals surface area contributed by atoms with Crippen LogP contribution in [0.1, 0.15) is 28.8 Å². The smallest absolute Gasteiger partial charge is 0.147 e. The van der Waals surface area contributed by atoms with Crippen molar-refractivity contribution in [2.75, 3.05) is 19.6 Å². The van der Waals surface area contributed by atoms with Crippen LogP contribution >= 0.6 is 0 Å². The molecule has 2 atom stereocenters. The highest BCUT2D eigenvalue weighted by atomic mass is 19.1. The normalized spacial score (nSPS) is 24.6. The molecule has 0 bridgehead atoms. The summed E-state index contributed by atoms with van der Waals surface area (Å²) in [5, 5.41) is 23.5. The maximum atomic E-state index is 14.6. The number of hydrogen-bond acceptors (Lipinski definition) is 3. The second-order valence-electron chi connectivity index (χ2n) is 10.0. The maximum Gasteiger partial charge on any atom is 0.147 e. The molecule has 1 aromatic heterocycles. The van der Waals surface area contributed by atoms with Crippen molar-refractivity contribution in [2.45, 2.75) is 36.7 Å². The fourth-order valence-corrected chi connectivity index (χ4v) is 6.34. The molecule has 4 aromatic rings. The van der Waals surface area contributed by atoms with E-state index in [0.717, 1.165) is 48.1 Å². The molecule has 174 valence electrons. The van der Waals surface area contributed by atoms with Crippen LogP contribution in [0.2, 0.25) is 0 Å². The average Bonchev–Trinajstić information content (AvgIpc) is 3.19. The molecule has 1 aliphatic heterocycles. The van der Waals surface area contributed by atoms with Gasteiger partial charge in [-0.2, -0.15) is 0 Å². The lowest BCUT2D eigenvalue weighted by atomic mass is 9.56. The van der Waals surface area contributed by atoms with E-state index in [1.165, 1.54) is 11.6 Å². The standard InChI is InChI=1S/C29H29FN2O2/c30-25-11-5-10-23-24-17-29(34)19-32(14-12-20-6-2-1-3-7-20)15-13-28(29,18-26(24)31-27(23)25)21-8-4-9-22(33)16-21/h1-11,16,31,33-34H,12-15,17-19H2. The number of likely N-dealkylation sites (tertiary alicyclic amines) is 1. The fourth-order valence-electron chi connectivity index (χ4n) is 6.34. The summed E-state index contributed by atoms with van der Waals surface area (Å²) >= 11 is 0. The van der Waals surface area contributed by atoms with E-state index >= 15 is 0 Å². The van der Waals surface area contributed by atoms with E-state index in [-0.39, 0.29) is 11.6 Å². The van der Waals surface area contributed by atoms with Crippen LogP contribution in [0.3, 0.4) is 0 Å². The Morgan fingerprint density at radius 3 is 2.62 bits per heavy atom. The number of aromatic hydroxyl groups is 1. The third kappa shape index (κ3) is 3.34. The highest BCUT2D eigenvalue weighted by molar-refractivity contribution is 5.86. The number of nitrogens with one attached hydrogen (secondary N) is 1. The van der Waals surface area contributed by atoms with Gasteiger partial charge in [0, 0.05) is 42.4 Å². The van der Waals surface area contributed by atoms with Gasteiger partial charge < -0.3 is 20.1 Å². The molecule has 0 amide bonds. The van der Waals surface area contributed by atoms with E-state index in [4.69, 9.17) is 0 Å². The van der Waals surface area contributed by atoms with E-state index in [1.54, 1.807) is 18.2 Å². The molecule has 2 heterocycles. The summed E-state index contributed by atoms with van der Waals surface area (Å²) in [6, 6.07) is 22.9. The van der Waals surface area contributed by atoms with Gasteiger partial charge in [0.25, 0.3) is 0 Å². The number of aromatic amines is 1. The number of β-amino-alcohol motifs (C(OH)–C–C–N with tert-alkyl or cyclic N) is 1. The second-order valence-corrected chi connectivity index (χ2v) is 10.0. The van der Waals surface area contributed by atoms with Crippen LogP contribution in [0.5, 0.6) is 5.75 Å². The third-order valence-corrected chi connectivity index (χ3v) is 8.12. The Morgan fingerprint density at radius 2 is 1.79 bits per heavy atom. The number of benzene rings is 3. The molecule has 3 aromatic carbocycles. The fraction of sp³-hybridized carbons (Fsp3) is 0.310. The lowest BCUT2D eigenvalue weighted by molar-refractivity contribution is -0.102. The predicted octanol–water partition coefficient (Wildman–Crippen LogP) is 4.73. The Bertz CT molecular complexity index is 1350. The number of phenols is 1. The number of rotatable bonds is 4. The van der Waals surface area contributed by atoms with E-state index in [0.29, 0.717) is 24.9 Å². The molecule has 34 heavy (non-hydrogen) atoms. The van der Waals surface area contributed by atoms with Gasteiger partial charge in [0.1, 0.15) is 11.6 Å². The molecule has 0 radical (unpaired) electrons. The molecule has 0 spiro atoms. The Hall–Kier alpha value is -3.15. The summed E-state index contributed by atoms with van der Waals surface area (Å²) in [4.78, 5) is 5.70. The SMILES string of the molecule is Oc1cccc(C23CCN(CCc4ccccc4)CC2(O)Cc2c([nH]c4c(F)cccc24)C3)c1. The molecule has 1 fully saturated rings. The van der Waals surface area contributed by atoms with Gasteiger partial charge in [-0.05, 0) is 54.3 Å². The van der Waals surface area contributed by atoms with Crippen molar-refractivity contribution in [3.63, 3.8) is 0 Å². The Kier molecular flexibility index (Phi) is 5.01. The van der Waals surface area contributed by atoms with Crippen LogP contribution in [0.15, 0.2) is 72.8 Å². The number of aromatic nitrogens is 1. The molecule has 3 N–H and O–H groups in total. The summed E-state index contributed by atoms with van der Waals surface area (Å²) in [5.74, 6) is -0.0630. The number of nitrogens with zero attached hydrogens (tertiary/aromatic N) is 1. The number of H-pyrrole nitrogens is 1. The number of hydrogen-bond donors (Lipinski definition) is 3. The summed E-state index contributed by atoms with van der Waals surface area (Å²) in [6.45, 7) is 2.27. The third-order valence-electron chi connectivity index (χ3n) is 8.12.